The minimum absolute atomic E-state index is 0.0788. The average Bonchev–Trinajstić information content (AvgIpc) is 2.73. The van der Waals surface area contributed by atoms with Crippen LogP contribution >= 0.6 is 0 Å². The molecule has 1 saturated heterocycles. The fourth-order valence-electron chi connectivity index (χ4n) is 4.01. The summed E-state index contributed by atoms with van der Waals surface area (Å²) in [5, 5.41) is 9.44. The third kappa shape index (κ3) is 4.79. The lowest BCUT2D eigenvalue weighted by Gasteiger charge is -2.32. The molecule has 0 unspecified atom stereocenters. The highest BCUT2D eigenvalue weighted by atomic mass is 16.2. The van der Waals surface area contributed by atoms with Crippen molar-refractivity contribution in [3.8, 4) is 17.2 Å². The molecule has 2 aromatic rings. The molecule has 0 spiro atoms. The second kappa shape index (κ2) is 9.52. The number of amides is 1. The first-order valence-corrected chi connectivity index (χ1v) is 10.1. The van der Waals surface area contributed by atoms with Crippen LogP contribution in [0.5, 0.6) is 0 Å². The summed E-state index contributed by atoms with van der Waals surface area (Å²) >= 11 is 0. The Bertz CT molecular complexity index is 845. The Morgan fingerprint density at radius 2 is 1.71 bits per heavy atom. The Balaban J connectivity index is 1.70. The molecule has 3 rings (SSSR count). The molecule has 1 aliphatic rings. The van der Waals surface area contributed by atoms with E-state index in [0.29, 0.717) is 11.1 Å². The van der Waals surface area contributed by atoms with Crippen LogP contribution in [0.15, 0.2) is 48.5 Å². The largest absolute Gasteiger partial charge is 0.339 e. The Morgan fingerprint density at radius 3 is 2.39 bits per heavy atom. The molecule has 4 heteroatoms. The van der Waals surface area contributed by atoms with E-state index >= 15 is 0 Å². The Hall–Kier alpha value is -2.64. The summed E-state index contributed by atoms with van der Waals surface area (Å²) in [6.45, 7) is 2.77. The van der Waals surface area contributed by atoms with E-state index in [-0.39, 0.29) is 5.91 Å². The van der Waals surface area contributed by atoms with E-state index in [9.17, 15) is 10.1 Å². The molecule has 28 heavy (non-hydrogen) atoms. The number of nitriles is 1. The van der Waals surface area contributed by atoms with Gasteiger partial charge in [-0.05, 0) is 69.9 Å². The molecule has 4 nitrogen and oxygen atoms in total. The molecule has 0 aliphatic carbocycles. The van der Waals surface area contributed by atoms with Gasteiger partial charge in [0.25, 0.3) is 5.91 Å². The van der Waals surface area contributed by atoms with Gasteiger partial charge >= 0.3 is 0 Å². The van der Waals surface area contributed by atoms with Crippen molar-refractivity contribution in [2.45, 2.75) is 25.7 Å². The summed E-state index contributed by atoms with van der Waals surface area (Å²) in [7, 11) is 4.23. The van der Waals surface area contributed by atoms with Crippen LogP contribution in [0.25, 0.3) is 11.1 Å². The van der Waals surface area contributed by atoms with Crippen LogP contribution in [0.2, 0.25) is 0 Å². The van der Waals surface area contributed by atoms with E-state index in [1.165, 1.54) is 12.8 Å². The van der Waals surface area contributed by atoms with Crippen LogP contribution in [-0.2, 0) is 0 Å². The van der Waals surface area contributed by atoms with E-state index in [0.717, 1.165) is 49.5 Å². The van der Waals surface area contributed by atoms with Crippen molar-refractivity contribution in [3.05, 3.63) is 59.7 Å². The van der Waals surface area contributed by atoms with Crippen molar-refractivity contribution in [2.75, 3.05) is 33.7 Å². The van der Waals surface area contributed by atoms with Crippen molar-refractivity contribution in [1.29, 1.82) is 5.26 Å². The van der Waals surface area contributed by atoms with Crippen LogP contribution in [0.4, 0.5) is 0 Å². The van der Waals surface area contributed by atoms with Gasteiger partial charge in [-0.15, -0.1) is 0 Å². The molecule has 0 saturated carbocycles. The van der Waals surface area contributed by atoms with Gasteiger partial charge in [0.15, 0.2) is 0 Å². The van der Waals surface area contributed by atoms with Gasteiger partial charge in [-0.3, -0.25) is 4.79 Å². The molecular weight excluding hydrogens is 346 g/mol. The van der Waals surface area contributed by atoms with Gasteiger partial charge in [0.1, 0.15) is 0 Å². The Kier molecular flexibility index (Phi) is 6.84. The summed E-state index contributed by atoms with van der Waals surface area (Å²) in [6.07, 6.45) is 4.62. The summed E-state index contributed by atoms with van der Waals surface area (Å²) in [5.41, 5.74) is 2.96. The molecule has 1 fully saturated rings. The van der Waals surface area contributed by atoms with Gasteiger partial charge in [-0.2, -0.15) is 5.26 Å². The van der Waals surface area contributed by atoms with Crippen LogP contribution in [0.3, 0.4) is 0 Å². The number of hydrogen-bond acceptors (Lipinski definition) is 3. The maximum Gasteiger partial charge on any atom is 0.254 e. The second-order valence-corrected chi connectivity index (χ2v) is 7.88. The predicted molar refractivity (Wildman–Crippen MR) is 113 cm³/mol. The second-order valence-electron chi connectivity index (χ2n) is 7.88. The first-order chi connectivity index (χ1) is 13.6. The van der Waals surface area contributed by atoms with Crippen LogP contribution in [0, 0.1) is 17.2 Å². The number of hydrogen-bond donors (Lipinski definition) is 0. The summed E-state index contributed by atoms with van der Waals surface area (Å²) in [6, 6.07) is 17.4. The lowest BCUT2D eigenvalue weighted by molar-refractivity contribution is 0.0686. The zero-order valence-electron chi connectivity index (χ0n) is 16.9. The van der Waals surface area contributed by atoms with E-state index in [1.54, 1.807) is 6.07 Å². The van der Waals surface area contributed by atoms with Crippen LogP contribution in [0.1, 0.15) is 41.6 Å². The van der Waals surface area contributed by atoms with E-state index in [1.807, 2.05) is 47.4 Å². The lowest BCUT2D eigenvalue weighted by atomic mass is 9.91. The average molecular weight is 376 g/mol. The van der Waals surface area contributed by atoms with Gasteiger partial charge in [-0.1, -0.05) is 36.4 Å². The Labute approximate surface area is 168 Å². The molecule has 0 aromatic heterocycles. The number of carbonyl (C=O) groups excluding carboxylic acids is 1. The molecule has 0 N–H and O–H groups in total. The number of likely N-dealkylation sites (tertiary alicyclic amines) is 1. The van der Waals surface area contributed by atoms with Crippen molar-refractivity contribution in [2.24, 2.45) is 5.92 Å². The predicted octanol–water partition coefficient (Wildman–Crippen LogP) is 4.42. The van der Waals surface area contributed by atoms with Gasteiger partial charge in [0.2, 0.25) is 0 Å². The zero-order valence-corrected chi connectivity index (χ0v) is 16.9. The van der Waals surface area contributed by atoms with E-state index < -0.39 is 0 Å². The third-order valence-electron chi connectivity index (χ3n) is 5.61. The normalized spacial score (nSPS) is 14.9. The van der Waals surface area contributed by atoms with E-state index in [4.69, 9.17) is 0 Å². The van der Waals surface area contributed by atoms with Crippen molar-refractivity contribution >= 4 is 5.91 Å². The van der Waals surface area contributed by atoms with Crippen molar-refractivity contribution < 1.29 is 4.79 Å². The first kappa shape index (κ1) is 20.1. The highest BCUT2D eigenvalue weighted by Crippen LogP contribution is 2.29. The standard InChI is InChI=1S/C24H29N3O/c1-26(2)15-7-8-19-13-16-27(17-14-19)24(28)23-12-6-5-11-22(23)21-10-4-3-9-20(21)18-25/h3-6,9-12,19H,7-8,13-17H2,1-2H3. The van der Waals surface area contributed by atoms with Gasteiger partial charge in [-0.25, -0.2) is 0 Å². The number of benzene rings is 2. The minimum atomic E-state index is 0.0788. The fraction of sp³-hybridized carbons (Fsp3) is 0.417. The van der Waals surface area contributed by atoms with Crippen molar-refractivity contribution in [3.63, 3.8) is 0 Å². The molecule has 0 radical (unpaired) electrons. The highest BCUT2D eigenvalue weighted by molar-refractivity contribution is 6.01. The van der Waals surface area contributed by atoms with Gasteiger partial charge in [0, 0.05) is 24.2 Å². The van der Waals surface area contributed by atoms with Gasteiger partial charge in [0.05, 0.1) is 11.6 Å². The minimum Gasteiger partial charge on any atom is -0.339 e. The van der Waals surface area contributed by atoms with E-state index in [2.05, 4.69) is 25.1 Å². The molecule has 146 valence electrons. The number of piperidine rings is 1. The van der Waals surface area contributed by atoms with Crippen LogP contribution in [-0.4, -0.2) is 49.4 Å². The quantitative estimate of drug-likeness (QED) is 0.751. The molecular formula is C24H29N3O. The summed E-state index contributed by atoms with van der Waals surface area (Å²) in [5.74, 6) is 0.800. The smallest absolute Gasteiger partial charge is 0.254 e. The number of nitrogens with zero attached hydrogens (tertiary/aromatic N) is 3. The first-order valence-electron chi connectivity index (χ1n) is 10.1. The fourth-order valence-corrected chi connectivity index (χ4v) is 4.01. The Morgan fingerprint density at radius 1 is 1.07 bits per heavy atom. The van der Waals surface area contributed by atoms with Crippen molar-refractivity contribution in [1.82, 2.24) is 9.80 Å². The zero-order chi connectivity index (χ0) is 19.9. The maximum absolute atomic E-state index is 13.2. The highest BCUT2D eigenvalue weighted by Gasteiger charge is 2.25. The topological polar surface area (TPSA) is 47.3 Å². The number of carbonyl (C=O) groups is 1. The molecule has 2 aromatic carbocycles. The lowest BCUT2D eigenvalue weighted by Crippen LogP contribution is -2.38. The molecule has 1 amide bonds. The SMILES string of the molecule is CN(C)CCCC1CCN(C(=O)c2ccccc2-c2ccccc2C#N)CC1. The third-order valence-corrected chi connectivity index (χ3v) is 5.61. The maximum atomic E-state index is 13.2. The molecule has 1 heterocycles. The number of rotatable bonds is 6. The monoisotopic (exact) mass is 375 g/mol. The molecule has 1 aliphatic heterocycles. The molecule has 0 atom stereocenters. The van der Waals surface area contributed by atoms with Crippen LogP contribution < -0.4 is 0 Å². The summed E-state index contributed by atoms with van der Waals surface area (Å²) < 4.78 is 0. The summed E-state index contributed by atoms with van der Waals surface area (Å²) in [4.78, 5) is 17.5. The molecule has 0 bridgehead atoms. The van der Waals surface area contributed by atoms with Gasteiger partial charge < -0.3 is 9.80 Å².